The maximum absolute atomic E-state index is 12.7. The van der Waals surface area contributed by atoms with Crippen LogP contribution in [0, 0.1) is 5.41 Å². The topological polar surface area (TPSA) is 45.2 Å². The number of amides is 1. The van der Waals surface area contributed by atoms with Gasteiger partial charge in [0.15, 0.2) is 0 Å². The number of carbonyl (C=O) groups is 1. The molecule has 4 rings (SSSR count). The minimum absolute atomic E-state index is 0. The second kappa shape index (κ2) is 8.50. The van der Waals surface area contributed by atoms with Crippen LogP contribution in [0.25, 0.3) is 0 Å². The highest BCUT2D eigenvalue weighted by Gasteiger charge is 2.42. The van der Waals surface area contributed by atoms with E-state index in [9.17, 15) is 4.79 Å². The minimum Gasteiger partial charge on any atom is -0.345 e. The fourth-order valence-corrected chi connectivity index (χ4v) is 5.10. The Morgan fingerprint density at radius 1 is 1.17 bits per heavy atom. The molecule has 1 aliphatic heterocycles. The summed E-state index contributed by atoms with van der Waals surface area (Å²) in [5, 5.41) is 3.27. The molecular formula is C26H37N3O. The summed E-state index contributed by atoms with van der Waals surface area (Å²) in [6.45, 7) is 10.5. The number of fused-ring (bicyclic) bond motifs is 2. The van der Waals surface area contributed by atoms with Gasteiger partial charge in [0.25, 0.3) is 5.91 Å². The zero-order valence-electron chi connectivity index (χ0n) is 18.7. The van der Waals surface area contributed by atoms with E-state index in [1.807, 2.05) is 12.1 Å². The number of carbonyl (C=O) groups excluding carboxylic acids is 1. The fraction of sp³-hybridized carbons (Fsp3) is 0.538. The third-order valence-electron chi connectivity index (χ3n) is 7.04. The summed E-state index contributed by atoms with van der Waals surface area (Å²) in [7, 11) is 0. The summed E-state index contributed by atoms with van der Waals surface area (Å²) in [5.41, 5.74) is 4.06. The number of benzene rings is 1. The Balaban J connectivity index is 0.00000272. The predicted molar refractivity (Wildman–Crippen MR) is 124 cm³/mol. The molecule has 30 heavy (non-hydrogen) atoms. The number of nitrogens with one attached hydrogen (secondary N) is 1. The molecule has 1 aromatic carbocycles. The summed E-state index contributed by atoms with van der Waals surface area (Å²) >= 11 is 0. The number of piperidine rings is 1. The summed E-state index contributed by atoms with van der Waals surface area (Å²) in [4.78, 5) is 19.5. The van der Waals surface area contributed by atoms with Crippen LogP contribution in [0.5, 0.6) is 0 Å². The van der Waals surface area contributed by atoms with E-state index in [2.05, 4.69) is 60.2 Å². The van der Waals surface area contributed by atoms with E-state index in [-0.39, 0.29) is 18.8 Å². The van der Waals surface area contributed by atoms with Crippen molar-refractivity contribution in [3.8, 4) is 0 Å². The fourth-order valence-electron chi connectivity index (χ4n) is 5.10. The summed E-state index contributed by atoms with van der Waals surface area (Å²) < 4.78 is 0. The molecule has 0 radical (unpaired) electrons. The number of pyridine rings is 1. The van der Waals surface area contributed by atoms with Gasteiger partial charge >= 0.3 is 0 Å². The van der Waals surface area contributed by atoms with Crippen LogP contribution >= 0.6 is 0 Å². The van der Waals surface area contributed by atoms with Crippen molar-refractivity contribution < 1.29 is 6.22 Å². The molecule has 1 fully saturated rings. The van der Waals surface area contributed by atoms with E-state index in [0.29, 0.717) is 11.0 Å². The van der Waals surface area contributed by atoms with E-state index >= 15 is 0 Å². The van der Waals surface area contributed by atoms with Crippen molar-refractivity contribution in [3.05, 3.63) is 65.5 Å². The Hall–Kier alpha value is -2.20. The number of nitrogens with zero attached hydrogens (tertiary/aromatic N) is 2. The van der Waals surface area contributed by atoms with Gasteiger partial charge in [-0.3, -0.25) is 9.78 Å². The van der Waals surface area contributed by atoms with Crippen molar-refractivity contribution in [2.75, 3.05) is 19.6 Å². The molecule has 2 aliphatic rings. The number of rotatable bonds is 4. The molecule has 4 heteroatoms. The lowest BCUT2D eigenvalue weighted by Gasteiger charge is -2.47. The van der Waals surface area contributed by atoms with Gasteiger partial charge in [0, 0.05) is 13.8 Å². The lowest BCUT2D eigenvalue weighted by molar-refractivity contribution is 0.0914. The van der Waals surface area contributed by atoms with E-state index in [4.69, 9.17) is 0 Å². The molecule has 1 saturated heterocycles. The lowest BCUT2D eigenvalue weighted by atomic mass is 9.63. The van der Waals surface area contributed by atoms with E-state index in [1.165, 1.54) is 50.0 Å². The number of aromatic nitrogens is 1. The molecule has 0 unspecified atom stereocenters. The number of likely N-dealkylation sites (tertiary alicyclic amines) is 1. The molecule has 1 amide bonds. The number of hydrogen-bond donors (Lipinski definition) is 1. The Bertz CT molecular complexity index is 870. The first-order valence-corrected chi connectivity index (χ1v) is 11.4. The minimum atomic E-state index is -0.0316. The van der Waals surface area contributed by atoms with Crippen LogP contribution in [0.15, 0.2) is 48.8 Å². The van der Waals surface area contributed by atoms with Crippen LogP contribution in [-0.4, -0.2) is 35.4 Å². The molecule has 2 heterocycles. The molecule has 162 valence electrons. The average molecular weight is 408 g/mol. The molecule has 1 atom stereocenters. The summed E-state index contributed by atoms with van der Waals surface area (Å²) in [5.74, 6) is -0.0316. The first-order chi connectivity index (χ1) is 14.4. The molecular weight excluding hydrogens is 370 g/mol. The lowest BCUT2D eigenvalue weighted by Crippen LogP contribution is -2.46. The number of hydrogen-bond acceptors (Lipinski definition) is 3. The predicted octanol–water partition coefficient (Wildman–Crippen LogP) is 5.36. The van der Waals surface area contributed by atoms with Gasteiger partial charge in [-0.2, -0.15) is 0 Å². The van der Waals surface area contributed by atoms with Crippen LogP contribution in [0.3, 0.4) is 0 Å². The Morgan fingerprint density at radius 3 is 2.63 bits per heavy atom. The third kappa shape index (κ3) is 4.59. The van der Waals surface area contributed by atoms with Crippen molar-refractivity contribution in [2.45, 2.75) is 64.3 Å². The van der Waals surface area contributed by atoms with Gasteiger partial charge in [-0.05, 0) is 85.8 Å². The molecule has 2 aromatic rings. The van der Waals surface area contributed by atoms with E-state index < -0.39 is 0 Å². The molecule has 0 bridgehead atoms. The average Bonchev–Trinajstić information content (AvgIpc) is 2.76. The zero-order chi connectivity index (χ0) is 21.2. The Labute approximate surface area is 182 Å². The quantitative estimate of drug-likeness (QED) is 0.742. The monoisotopic (exact) mass is 407 g/mol. The first-order valence-electron chi connectivity index (χ1n) is 11.4. The van der Waals surface area contributed by atoms with Crippen LogP contribution in [0.2, 0.25) is 0 Å². The van der Waals surface area contributed by atoms with E-state index in [1.54, 1.807) is 12.4 Å². The van der Waals surface area contributed by atoms with Crippen LogP contribution < -0.4 is 5.32 Å². The summed E-state index contributed by atoms with van der Waals surface area (Å²) in [6, 6.07) is 12.5. The SMILES string of the molecule is CC(C)(C)CCN1CCC2(CC[C@@H](NC(=O)c3cccnc3)c3ccccc32)CC1.[HH]. The van der Waals surface area contributed by atoms with Gasteiger partial charge in [0.1, 0.15) is 0 Å². The van der Waals surface area contributed by atoms with Gasteiger partial charge in [-0.25, -0.2) is 0 Å². The maximum Gasteiger partial charge on any atom is 0.253 e. The van der Waals surface area contributed by atoms with Crippen molar-refractivity contribution in [1.82, 2.24) is 15.2 Å². The van der Waals surface area contributed by atoms with Crippen molar-refractivity contribution in [3.63, 3.8) is 0 Å². The smallest absolute Gasteiger partial charge is 0.253 e. The second-order valence-electron chi connectivity index (χ2n) is 10.3. The van der Waals surface area contributed by atoms with Gasteiger partial charge < -0.3 is 10.2 Å². The summed E-state index contributed by atoms with van der Waals surface area (Å²) in [6.07, 6.45) is 9.18. The van der Waals surface area contributed by atoms with Gasteiger partial charge in [0.2, 0.25) is 0 Å². The van der Waals surface area contributed by atoms with E-state index in [0.717, 1.165) is 12.8 Å². The third-order valence-corrected chi connectivity index (χ3v) is 7.04. The highest BCUT2D eigenvalue weighted by atomic mass is 16.1. The highest BCUT2D eigenvalue weighted by Crippen LogP contribution is 2.48. The van der Waals surface area contributed by atoms with Crippen molar-refractivity contribution >= 4 is 5.91 Å². The van der Waals surface area contributed by atoms with Crippen molar-refractivity contribution in [1.29, 1.82) is 0 Å². The molecule has 1 aliphatic carbocycles. The maximum atomic E-state index is 12.7. The van der Waals surface area contributed by atoms with Gasteiger partial charge in [-0.1, -0.05) is 45.0 Å². The Morgan fingerprint density at radius 2 is 1.93 bits per heavy atom. The van der Waals surface area contributed by atoms with Crippen LogP contribution in [0.1, 0.15) is 81.8 Å². The molecule has 4 nitrogen and oxygen atoms in total. The van der Waals surface area contributed by atoms with Crippen LogP contribution in [-0.2, 0) is 5.41 Å². The first kappa shape index (κ1) is 21.0. The van der Waals surface area contributed by atoms with Gasteiger partial charge in [-0.15, -0.1) is 0 Å². The van der Waals surface area contributed by atoms with Crippen LogP contribution in [0.4, 0.5) is 0 Å². The van der Waals surface area contributed by atoms with Crippen molar-refractivity contribution in [2.24, 2.45) is 5.41 Å². The highest BCUT2D eigenvalue weighted by molar-refractivity contribution is 5.94. The molecule has 1 N–H and O–H groups in total. The Kier molecular flexibility index (Phi) is 5.97. The normalized spacial score (nSPS) is 21.2. The largest absolute Gasteiger partial charge is 0.345 e. The standard InChI is InChI=1S/C26H35N3O.H2/c1-25(2,3)12-16-29-17-13-26(14-18-29)11-10-23(21-8-4-5-9-22(21)26)28-24(30)20-7-6-15-27-19-20;/h4-9,15,19,23H,10-14,16-18H2,1-3H3,(H,28,30);1H/t23-;/m1./s1. The molecule has 1 spiro atoms. The van der Waals surface area contributed by atoms with Gasteiger partial charge in [0.05, 0.1) is 11.6 Å². The molecule has 1 aromatic heterocycles. The second-order valence-corrected chi connectivity index (χ2v) is 10.3. The zero-order valence-corrected chi connectivity index (χ0v) is 18.7. The molecule has 0 saturated carbocycles.